The second-order valence-electron chi connectivity index (χ2n) is 4.22. The second-order valence-corrected chi connectivity index (χ2v) is 4.22. The first-order chi connectivity index (χ1) is 8.68. The Bertz CT molecular complexity index is 521. The number of carbonyl (C=O) groups excluding carboxylic acids is 1. The Morgan fingerprint density at radius 1 is 1.00 bits per heavy atom. The monoisotopic (exact) mass is 242 g/mol. The molecule has 2 aromatic rings. The zero-order chi connectivity index (χ0) is 13.0. The van der Waals surface area contributed by atoms with Crippen LogP contribution in [-0.4, -0.2) is 5.78 Å². The zero-order valence-electron chi connectivity index (χ0n) is 10.3. The Morgan fingerprint density at radius 2 is 1.50 bits per heavy atom. The van der Waals surface area contributed by atoms with Crippen molar-refractivity contribution in [3.8, 4) is 0 Å². The van der Waals surface area contributed by atoms with Crippen LogP contribution < -0.4 is 0 Å². The molecular weight excluding hydrogens is 227 g/mol. The molecule has 2 rings (SSSR count). The van der Waals surface area contributed by atoms with E-state index in [0.717, 1.165) is 0 Å². The molecule has 0 N–H and O–H groups in total. The van der Waals surface area contributed by atoms with Crippen molar-refractivity contribution in [1.29, 1.82) is 0 Å². The Morgan fingerprint density at radius 3 is 2.00 bits per heavy atom. The molecule has 0 radical (unpaired) electrons. The number of rotatable bonds is 4. The SMILES string of the molecule is CCC(F)(C(=O)c1ccccc1)c1ccccc1. The quantitative estimate of drug-likeness (QED) is 0.736. The molecule has 18 heavy (non-hydrogen) atoms. The zero-order valence-corrected chi connectivity index (χ0v) is 10.3. The largest absolute Gasteiger partial charge is 0.290 e. The highest BCUT2D eigenvalue weighted by atomic mass is 19.1. The predicted molar refractivity (Wildman–Crippen MR) is 70.3 cm³/mol. The number of carbonyl (C=O) groups is 1. The van der Waals surface area contributed by atoms with Crippen LogP contribution in [0.2, 0.25) is 0 Å². The van der Waals surface area contributed by atoms with Crippen molar-refractivity contribution >= 4 is 5.78 Å². The molecule has 0 saturated heterocycles. The number of halogens is 1. The molecule has 0 aliphatic heterocycles. The molecule has 0 aromatic heterocycles. The molecule has 1 atom stereocenters. The van der Waals surface area contributed by atoms with E-state index in [1.54, 1.807) is 55.5 Å². The normalized spacial score (nSPS) is 13.9. The maximum absolute atomic E-state index is 15.0. The molecule has 92 valence electrons. The van der Waals surface area contributed by atoms with Crippen molar-refractivity contribution in [2.45, 2.75) is 19.0 Å². The van der Waals surface area contributed by atoms with Gasteiger partial charge in [0.2, 0.25) is 5.78 Å². The fourth-order valence-corrected chi connectivity index (χ4v) is 2.02. The van der Waals surface area contributed by atoms with Crippen LogP contribution in [0.4, 0.5) is 4.39 Å². The summed E-state index contributed by atoms with van der Waals surface area (Å²) in [6, 6.07) is 17.2. The Balaban J connectivity index is 2.43. The van der Waals surface area contributed by atoms with E-state index in [1.165, 1.54) is 0 Å². The Hall–Kier alpha value is -1.96. The van der Waals surface area contributed by atoms with E-state index >= 15 is 0 Å². The van der Waals surface area contributed by atoms with Crippen LogP contribution in [0.15, 0.2) is 60.7 Å². The molecule has 0 aliphatic carbocycles. The lowest BCUT2D eigenvalue weighted by atomic mass is 9.85. The van der Waals surface area contributed by atoms with Crippen LogP contribution in [0.1, 0.15) is 29.3 Å². The predicted octanol–water partition coefficient (Wildman–Crippen LogP) is 4.14. The van der Waals surface area contributed by atoms with Crippen molar-refractivity contribution in [2.24, 2.45) is 0 Å². The van der Waals surface area contributed by atoms with E-state index in [2.05, 4.69) is 0 Å². The van der Waals surface area contributed by atoms with Gasteiger partial charge in [0.15, 0.2) is 5.67 Å². The van der Waals surface area contributed by atoms with Gasteiger partial charge in [-0.15, -0.1) is 0 Å². The van der Waals surface area contributed by atoms with Crippen LogP contribution in [0, 0.1) is 0 Å². The minimum Gasteiger partial charge on any atom is -0.290 e. The number of alkyl halides is 1. The van der Waals surface area contributed by atoms with Gasteiger partial charge in [-0.3, -0.25) is 4.79 Å². The van der Waals surface area contributed by atoms with Crippen LogP contribution in [0.3, 0.4) is 0 Å². The van der Waals surface area contributed by atoms with E-state index in [0.29, 0.717) is 11.1 Å². The van der Waals surface area contributed by atoms with Crippen LogP contribution in [-0.2, 0) is 5.67 Å². The summed E-state index contributed by atoms with van der Waals surface area (Å²) >= 11 is 0. The minimum absolute atomic E-state index is 0.130. The molecule has 0 amide bonds. The summed E-state index contributed by atoms with van der Waals surface area (Å²) in [5.74, 6) is -0.475. The highest BCUT2D eigenvalue weighted by molar-refractivity contribution is 6.02. The molecular formula is C16H15FO. The van der Waals surface area contributed by atoms with Gasteiger partial charge >= 0.3 is 0 Å². The van der Waals surface area contributed by atoms with Gasteiger partial charge in [-0.25, -0.2) is 4.39 Å². The number of benzene rings is 2. The molecule has 2 aromatic carbocycles. The molecule has 0 spiro atoms. The first-order valence-corrected chi connectivity index (χ1v) is 6.03. The minimum atomic E-state index is -1.94. The number of Topliss-reactive ketones (excluding diaryl/α,β-unsaturated/α-hetero) is 1. The van der Waals surface area contributed by atoms with Crippen LogP contribution in [0.25, 0.3) is 0 Å². The van der Waals surface area contributed by atoms with E-state index in [-0.39, 0.29) is 6.42 Å². The third kappa shape index (κ3) is 2.19. The maximum atomic E-state index is 15.0. The third-order valence-corrected chi connectivity index (χ3v) is 3.11. The van der Waals surface area contributed by atoms with Gasteiger partial charge in [0.1, 0.15) is 0 Å². The number of ketones is 1. The molecule has 1 nitrogen and oxygen atoms in total. The van der Waals surface area contributed by atoms with Gasteiger partial charge in [-0.05, 0) is 12.0 Å². The van der Waals surface area contributed by atoms with Gasteiger partial charge in [0, 0.05) is 5.56 Å². The summed E-state index contributed by atoms with van der Waals surface area (Å²) in [4.78, 5) is 12.3. The number of hydrogen-bond donors (Lipinski definition) is 0. The highest BCUT2D eigenvalue weighted by Gasteiger charge is 2.38. The summed E-state index contributed by atoms with van der Waals surface area (Å²) in [7, 11) is 0. The average Bonchev–Trinajstić information content (AvgIpc) is 2.47. The molecule has 2 heteroatoms. The fraction of sp³-hybridized carbons (Fsp3) is 0.188. The molecule has 1 unspecified atom stereocenters. The van der Waals surface area contributed by atoms with Crippen molar-refractivity contribution in [2.75, 3.05) is 0 Å². The lowest BCUT2D eigenvalue weighted by Crippen LogP contribution is -2.30. The van der Waals surface area contributed by atoms with Gasteiger partial charge in [0.05, 0.1) is 0 Å². The van der Waals surface area contributed by atoms with Gasteiger partial charge in [0.25, 0.3) is 0 Å². The van der Waals surface area contributed by atoms with E-state index in [9.17, 15) is 9.18 Å². The molecule has 0 fully saturated rings. The Labute approximate surface area is 106 Å². The van der Waals surface area contributed by atoms with Crippen molar-refractivity contribution in [3.05, 3.63) is 71.8 Å². The highest BCUT2D eigenvalue weighted by Crippen LogP contribution is 2.33. The molecule has 0 heterocycles. The standard InChI is InChI=1S/C16H15FO/c1-2-16(17,14-11-7-4-8-12-14)15(18)13-9-5-3-6-10-13/h3-12H,2H2,1H3. The van der Waals surface area contributed by atoms with Crippen molar-refractivity contribution < 1.29 is 9.18 Å². The van der Waals surface area contributed by atoms with Gasteiger partial charge < -0.3 is 0 Å². The summed E-state index contributed by atoms with van der Waals surface area (Å²) in [6.45, 7) is 1.69. The summed E-state index contributed by atoms with van der Waals surface area (Å²) in [5.41, 5.74) is -1.12. The maximum Gasteiger partial charge on any atom is 0.204 e. The summed E-state index contributed by atoms with van der Waals surface area (Å²) < 4.78 is 15.0. The first-order valence-electron chi connectivity index (χ1n) is 6.03. The van der Waals surface area contributed by atoms with Crippen LogP contribution in [0.5, 0.6) is 0 Å². The van der Waals surface area contributed by atoms with E-state index in [4.69, 9.17) is 0 Å². The van der Waals surface area contributed by atoms with Crippen molar-refractivity contribution in [3.63, 3.8) is 0 Å². The fourth-order valence-electron chi connectivity index (χ4n) is 2.02. The smallest absolute Gasteiger partial charge is 0.204 e. The lowest BCUT2D eigenvalue weighted by Gasteiger charge is -2.23. The molecule has 0 bridgehead atoms. The Kier molecular flexibility index (Phi) is 3.56. The van der Waals surface area contributed by atoms with Gasteiger partial charge in [-0.2, -0.15) is 0 Å². The first kappa shape index (κ1) is 12.5. The van der Waals surface area contributed by atoms with Crippen molar-refractivity contribution in [1.82, 2.24) is 0 Å². The lowest BCUT2D eigenvalue weighted by molar-refractivity contribution is 0.0666. The third-order valence-electron chi connectivity index (χ3n) is 3.11. The van der Waals surface area contributed by atoms with Gasteiger partial charge in [-0.1, -0.05) is 67.6 Å². The topological polar surface area (TPSA) is 17.1 Å². The molecule has 0 aliphatic rings. The number of hydrogen-bond acceptors (Lipinski definition) is 1. The summed E-state index contributed by atoms with van der Waals surface area (Å²) in [6.07, 6.45) is 0.130. The second kappa shape index (κ2) is 5.13. The molecule has 0 saturated carbocycles. The van der Waals surface area contributed by atoms with E-state index < -0.39 is 11.5 Å². The van der Waals surface area contributed by atoms with Crippen LogP contribution >= 0.6 is 0 Å². The average molecular weight is 242 g/mol. The summed E-state index contributed by atoms with van der Waals surface area (Å²) in [5, 5.41) is 0. The van der Waals surface area contributed by atoms with E-state index in [1.807, 2.05) is 12.1 Å².